The lowest BCUT2D eigenvalue weighted by Crippen LogP contribution is -2.25. The van der Waals surface area contributed by atoms with Gasteiger partial charge in [0.1, 0.15) is 11.2 Å². The summed E-state index contributed by atoms with van der Waals surface area (Å²) in [6.07, 6.45) is 0. The number of anilines is 3. The van der Waals surface area contributed by atoms with Crippen LogP contribution in [0.25, 0.3) is 77.6 Å². The highest BCUT2D eigenvalue weighted by molar-refractivity contribution is 6.19. The summed E-state index contributed by atoms with van der Waals surface area (Å²) in [5.41, 5.74) is 22.0. The van der Waals surface area contributed by atoms with Gasteiger partial charge in [-0.2, -0.15) is 0 Å². The van der Waals surface area contributed by atoms with Gasteiger partial charge in [0.05, 0.1) is 5.41 Å². The number of hydrogen-bond donors (Lipinski definition) is 0. The van der Waals surface area contributed by atoms with Crippen LogP contribution in [0.4, 0.5) is 17.1 Å². The standard InChI is InChI=1S/C61H39NO/c1-4-16-40(17-5-1)41-28-30-42(31-29-41)43-32-34-46(35-33-43)62(45-20-8-3-9-21-45)47-36-37-51-56(38-47)63-57-39-55-59(58(60(51)57)44-18-6-2-7-19-44)50-24-12-15-27-54(50)61(55)52-25-13-10-22-48(52)49-23-11-14-26-53(49)61/h1-39H. The van der Waals surface area contributed by atoms with E-state index in [1.807, 2.05) is 0 Å². The Labute approximate surface area is 366 Å². The molecule has 0 amide bonds. The molecule has 0 fully saturated rings. The molecule has 2 nitrogen and oxygen atoms in total. The summed E-state index contributed by atoms with van der Waals surface area (Å²) >= 11 is 0. The number of fused-ring (bicyclic) bond motifs is 13. The van der Waals surface area contributed by atoms with Gasteiger partial charge in [-0.3, -0.25) is 0 Å². The lowest BCUT2D eigenvalue weighted by molar-refractivity contribution is 0.666. The second-order valence-electron chi connectivity index (χ2n) is 16.7. The first kappa shape index (κ1) is 35.5. The van der Waals surface area contributed by atoms with Crippen molar-refractivity contribution in [3.05, 3.63) is 259 Å². The highest BCUT2D eigenvalue weighted by Gasteiger charge is 2.52. The van der Waals surface area contributed by atoms with Crippen LogP contribution in [0.15, 0.2) is 241 Å². The summed E-state index contributed by atoms with van der Waals surface area (Å²) < 4.78 is 7.17. The van der Waals surface area contributed by atoms with E-state index in [0.717, 1.165) is 39.0 Å². The van der Waals surface area contributed by atoms with Gasteiger partial charge < -0.3 is 9.32 Å². The van der Waals surface area contributed by atoms with Crippen molar-refractivity contribution in [2.24, 2.45) is 0 Å². The zero-order valence-corrected chi connectivity index (χ0v) is 34.4. The Hall–Kier alpha value is -8.20. The fourth-order valence-electron chi connectivity index (χ4n) is 10.8. The highest BCUT2D eigenvalue weighted by Crippen LogP contribution is 2.65. The van der Waals surface area contributed by atoms with Crippen LogP contribution < -0.4 is 4.90 Å². The van der Waals surface area contributed by atoms with E-state index >= 15 is 0 Å². The van der Waals surface area contributed by atoms with Gasteiger partial charge >= 0.3 is 0 Å². The molecule has 11 aromatic rings. The molecule has 1 aromatic heterocycles. The molecule has 2 aliphatic rings. The first-order valence-corrected chi connectivity index (χ1v) is 21.8. The number of hydrogen-bond acceptors (Lipinski definition) is 2. The molecular formula is C61H39NO. The van der Waals surface area contributed by atoms with Gasteiger partial charge in [-0.25, -0.2) is 0 Å². The average Bonchev–Trinajstić information content (AvgIpc) is 3.98. The van der Waals surface area contributed by atoms with Crippen LogP contribution in [0.3, 0.4) is 0 Å². The van der Waals surface area contributed by atoms with Crippen LogP contribution in [0, 0.1) is 0 Å². The summed E-state index contributed by atoms with van der Waals surface area (Å²) in [5.74, 6) is 0. The van der Waals surface area contributed by atoms with Crippen LogP contribution in [0.5, 0.6) is 0 Å². The molecule has 1 spiro atoms. The largest absolute Gasteiger partial charge is 0.456 e. The molecule has 0 N–H and O–H groups in total. The van der Waals surface area contributed by atoms with Crippen molar-refractivity contribution < 1.29 is 4.42 Å². The van der Waals surface area contributed by atoms with Crippen molar-refractivity contribution >= 4 is 39.0 Å². The van der Waals surface area contributed by atoms with Crippen LogP contribution in [-0.4, -0.2) is 0 Å². The Balaban J connectivity index is 0.996. The summed E-state index contributed by atoms with van der Waals surface area (Å²) in [6.45, 7) is 0. The molecular weight excluding hydrogens is 763 g/mol. The van der Waals surface area contributed by atoms with E-state index < -0.39 is 5.41 Å². The van der Waals surface area contributed by atoms with Gasteiger partial charge in [-0.1, -0.05) is 188 Å². The Morgan fingerprint density at radius 2 is 0.746 bits per heavy atom. The molecule has 13 rings (SSSR count). The Kier molecular flexibility index (Phi) is 7.85. The molecule has 0 unspecified atom stereocenters. The minimum absolute atomic E-state index is 0.485. The van der Waals surface area contributed by atoms with Crippen molar-refractivity contribution in [3.8, 4) is 55.6 Å². The Bertz CT molecular complexity index is 3490. The van der Waals surface area contributed by atoms with Crippen LogP contribution in [-0.2, 0) is 5.41 Å². The number of para-hydroxylation sites is 1. The van der Waals surface area contributed by atoms with Crippen molar-refractivity contribution in [1.82, 2.24) is 0 Å². The third-order valence-corrected chi connectivity index (χ3v) is 13.5. The zero-order valence-electron chi connectivity index (χ0n) is 34.4. The van der Waals surface area contributed by atoms with Gasteiger partial charge in [0.2, 0.25) is 0 Å². The smallest absolute Gasteiger partial charge is 0.137 e. The van der Waals surface area contributed by atoms with Gasteiger partial charge in [-0.05, 0) is 115 Å². The van der Waals surface area contributed by atoms with Crippen LogP contribution in [0.2, 0.25) is 0 Å². The molecule has 0 aliphatic heterocycles. The molecule has 0 saturated heterocycles. The van der Waals surface area contributed by atoms with Gasteiger partial charge in [-0.15, -0.1) is 0 Å². The van der Waals surface area contributed by atoms with Crippen LogP contribution in [0.1, 0.15) is 22.3 Å². The number of benzene rings is 10. The molecule has 0 atom stereocenters. The monoisotopic (exact) mass is 801 g/mol. The quantitative estimate of drug-likeness (QED) is 0.167. The second-order valence-corrected chi connectivity index (χ2v) is 16.7. The van der Waals surface area contributed by atoms with Crippen molar-refractivity contribution in [2.75, 3.05) is 4.90 Å². The fourth-order valence-corrected chi connectivity index (χ4v) is 10.8. The minimum Gasteiger partial charge on any atom is -0.456 e. The summed E-state index contributed by atoms with van der Waals surface area (Å²) in [6, 6.07) is 86.0. The predicted molar refractivity (Wildman–Crippen MR) is 261 cm³/mol. The first-order valence-electron chi connectivity index (χ1n) is 21.8. The number of nitrogens with zero attached hydrogens (tertiary/aromatic N) is 1. The minimum atomic E-state index is -0.485. The molecule has 294 valence electrons. The molecule has 0 bridgehead atoms. The topological polar surface area (TPSA) is 16.4 Å². The predicted octanol–water partition coefficient (Wildman–Crippen LogP) is 16.4. The highest BCUT2D eigenvalue weighted by atomic mass is 16.3. The molecule has 0 radical (unpaired) electrons. The third-order valence-electron chi connectivity index (χ3n) is 13.5. The van der Waals surface area contributed by atoms with E-state index in [1.165, 1.54) is 77.9 Å². The SMILES string of the molecule is c1ccc(-c2ccc(-c3ccc(N(c4ccccc4)c4ccc5c(c4)oc4cc6c(c(-c7ccccc7)c45)-c4ccccc4C64c5ccccc5-c5ccccc54)cc3)cc2)cc1. The molecule has 2 heteroatoms. The van der Waals surface area contributed by atoms with Crippen molar-refractivity contribution in [2.45, 2.75) is 5.41 Å². The summed E-state index contributed by atoms with van der Waals surface area (Å²) in [4.78, 5) is 2.32. The van der Waals surface area contributed by atoms with E-state index in [4.69, 9.17) is 4.42 Å². The van der Waals surface area contributed by atoms with Gasteiger partial charge in [0, 0.05) is 39.5 Å². The Morgan fingerprint density at radius 3 is 1.35 bits per heavy atom. The van der Waals surface area contributed by atoms with E-state index in [9.17, 15) is 0 Å². The fraction of sp³-hybridized carbons (Fsp3) is 0.0164. The number of furan rings is 1. The lowest BCUT2D eigenvalue weighted by atomic mass is 9.70. The van der Waals surface area contributed by atoms with Gasteiger partial charge in [0.15, 0.2) is 0 Å². The lowest BCUT2D eigenvalue weighted by Gasteiger charge is -2.30. The van der Waals surface area contributed by atoms with Gasteiger partial charge in [0.25, 0.3) is 0 Å². The maximum Gasteiger partial charge on any atom is 0.137 e. The molecule has 0 saturated carbocycles. The molecule has 1 heterocycles. The first-order chi connectivity index (χ1) is 31.3. The Morgan fingerprint density at radius 1 is 0.302 bits per heavy atom. The van der Waals surface area contributed by atoms with Crippen molar-refractivity contribution in [1.29, 1.82) is 0 Å². The van der Waals surface area contributed by atoms with E-state index in [0.29, 0.717) is 0 Å². The molecule has 63 heavy (non-hydrogen) atoms. The van der Waals surface area contributed by atoms with E-state index in [2.05, 4.69) is 241 Å². The normalized spacial score (nSPS) is 12.9. The second kappa shape index (κ2) is 13.9. The third kappa shape index (κ3) is 5.25. The average molecular weight is 802 g/mol. The van der Waals surface area contributed by atoms with E-state index in [1.54, 1.807) is 0 Å². The van der Waals surface area contributed by atoms with Crippen LogP contribution >= 0.6 is 0 Å². The molecule has 2 aliphatic carbocycles. The zero-order chi connectivity index (χ0) is 41.5. The van der Waals surface area contributed by atoms with E-state index in [-0.39, 0.29) is 0 Å². The van der Waals surface area contributed by atoms with Crippen molar-refractivity contribution in [3.63, 3.8) is 0 Å². The number of rotatable bonds is 6. The molecule has 10 aromatic carbocycles. The summed E-state index contributed by atoms with van der Waals surface area (Å²) in [7, 11) is 0. The summed E-state index contributed by atoms with van der Waals surface area (Å²) in [5, 5.41) is 2.24. The maximum absolute atomic E-state index is 7.17. The maximum atomic E-state index is 7.17.